The molecule has 1 saturated heterocycles. The van der Waals surface area contributed by atoms with Gasteiger partial charge in [0, 0.05) is 26.2 Å². The van der Waals surface area contributed by atoms with E-state index in [1.165, 1.54) is 16.3 Å². The van der Waals surface area contributed by atoms with Crippen molar-refractivity contribution in [2.24, 2.45) is 11.7 Å². The second-order valence-electron chi connectivity index (χ2n) is 6.92. The van der Waals surface area contributed by atoms with Crippen LogP contribution in [0.2, 0.25) is 0 Å². The number of hydrogen-bond donors (Lipinski definition) is 2. The Morgan fingerprint density at radius 3 is 2.65 bits per heavy atom. The van der Waals surface area contributed by atoms with Crippen LogP contribution in [0.25, 0.3) is 0 Å². The summed E-state index contributed by atoms with van der Waals surface area (Å²) in [7, 11) is -3.55. The average molecular weight is 402 g/mol. The first-order valence-corrected chi connectivity index (χ1v) is 10.6. The van der Waals surface area contributed by atoms with Crippen molar-refractivity contribution in [3.8, 4) is 0 Å². The van der Waals surface area contributed by atoms with Crippen LogP contribution >= 0.6 is 12.4 Å². The van der Waals surface area contributed by atoms with Gasteiger partial charge in [-0.1, -0.05) is 6.07 Å². The molecule has 1 fully saturated rings. The van der Waals surface area contributed by atoms with E-state index in [1.54, 1.807) is 6.07 Å². The Morgan fingerprint density at radius 2 is 1.92 bits per heavy atom. The van der Waals surface area contributed by atoms with Crippen LogP contribution in [0.4, 0.5) is 0 Å². The largest absolute Gasteiger partial charge is 0.355 e. The molecule has 0 spiro atoms. The Hall–Kier alpha value is -1.15. The highest BCUT2D eigenvalue weighted by atomic mass is 35.5. The van der Waals surface area contributed by atoms with Crippen LogP contribution in [0.3, 0.4) is 0 Å². The van der Waals surface area contributed by atoms with E-state index in [0.29, 0.717) is 37.4 Å². The number of aryl methyl sites for hydroxylation is 2. The van der Waals surface area contributed by atoms with E-state index in [-0.39, 0.29) is 30.8 Å². The molecule has 1 atom stereocenters. The Labute approximate surface area is 162 Å². The molecule has 1 heterocycles. The van der Waals surface area contributed by atoms with E-state index in [0.717, 1.165) is 24.8 Å². The van der Waals surface area contributed by atoms with Gasteiger partial charge in [-0.05, 0) is 61.8 Å². The second-order valence-corrected chi connectivity index (χ2v) is 8.86. The number of rotatable bonds is 5. The number of benzene rings is 1. The minimum absolute atomic E-state index is 0. The van der Waals surface area contributed by atoms with Crippen molar-refractivity contribution >= 4 is 28.3 Å². The number of nitrogens with zero attached hydrogens (tertiary/aromatic N) is 1. The number of nitrogens with one attached hydrogen (secondary N) is 1. The summed E-state index contributed by atoms with van der Waals surface area (Å²) >= 11 is 0. The topological polar surface area (TPSA) is 92.5 Å². The number of amides is 1. The maximum Gasteiger partial charge on any atom is 0.243 e. The Balaban J connectivity index is 0.00000243. The van der Waals surface area contributed by atoms with Gasteiger partial charge in [-0.15, -0.1) is 12.4 Å². The molecule has 1 aliphatic carbocycles. The first-order valence-electron chi connectivity index (χ1n) is 9.12. The van der Waals surface area contributed by atoms with Crippen molar-refractivity contribution in [3.05, 3.63) is 29.3 Å². The molecule has 0 radical (unpaired) electrons. The molecule has 1 aromatic carbocycles. The number of nitrogens with two attached hydrogens (primary N) is 1. The Kier molecular flexibility index (Phi) is 7.46. The van der Waals surface area contributed by atoms with E-state index in [1.807, 2.05) is 12.1 Å². The Morgan fingerprint density at radius 1 is 1.19 bits per heavy atom. The number of piperidine rings is 1. The van der Waals surface area contributed by atoms with E-state index < -0.39 is 10.0 Å². The van der Waals surface area contributed by atoms with Crippen LogP contribution in [0.15, 0.2) is 23.1 Å². The zero-order valence-electron chi connectivity index (χ0n) is 14.9. The van der Waals surface area contributed by atoms with Crippen LogP contribution in [-0.4, -0.2) is 44.8 Å². The van der Waals surface area contributed by atoms with E-state index >= 15 is 0 Å². The highest BCUT2D eigenvalue weighted by Crippen LogP contribution is 2.28. The molecule has 1 unspecified atom stereocenters. The van der Waals surface area contributed by atoms with Crippen molar-refractivity contribution < 1.29 is 13.2 Å². The van der Waals surface area contributed by atoms with Crippen molar-refractivity contribution in [2.75, 3.05) is 26.2 Å². The predicted octanol–water partition coefficient (Wildman–Crippen LogP) is 1.46. The summed E-state index contributed by atoms with van der Waals surface area (Å²) in [6.45, 7) is 1.53. The molecular weight excluding hydrogens is 374 g/mol. The molecule has 0 saturated carbocycles. The van der Waals surface area contributed by atoms with Crippen molar-refractivity contribution in [1.29, 1.82) is 0 Å². The third-order valence-corrected chi connectivity index (χ3v) is 7.02. The van der Waals surface area contributed by atoms with Gasteiger partial charge in [0.15, 0.2) is 0 Å². The lowest BCUT2D eigenvalue weighted by molar-refractivity contribution is -0.126. The summed E-state index contributed by atoms with van der Waals surface area (Å²) in [5.74, 6) is -0.400. The molecule has 1 amide bonds. The molecule has 3 rings (SSSR count). The zero-order valence-corrected chi connectivity index (χ0v) is 16.6. The first-order chi connectivity index (χ1) is 12.0. The van der Waals surface area contributed by atoms with Gasteiger partial charge >= 0.3 is 0 Å². The number of halogens is 1. The monoisotopic (exact) mass is 401 g/mol. The summed E-state index contributed by atoms with van der Waals surface area (Å²) in [6.07, 6.45) is 5.68. The van der Waals surface area contributed by atoms with Crippen molar-refractivity contribution in [2.45, 2.75) is 43.4 Å². The first kappa shape index (κ1) is 21.2. The van der Waals surface area contributed by atoms with Gasteiger partial charge in [0.2, 0.25) is 15.9 Å². The molecule has 146 valence electrons. The van der Waals surface area contributed by atoms with Gasteiger partial charge in [-0.3, -0.25) is 4.79 Å². The van der Waals surface area contributed by atoms with E-state index in [9.17, 15) is 13.2 Å². The highest BCUT2D eigenvalue weighted by molar-refractivity contribution is 7.89. The van der Waals surface area contributed by atoms with E-state index in [4.69, 9.17) is 5.73 Å². The molecule has 0 bridgehead atoms. The fraction of sp³-hybridized carbons (Fsp3) is 0.611. The third kappa shape index (κ3) is 4.57. The van der Waals surface area contributed by atoms with Crippen molar-refractivity contribution in [1.82, 2.24) is 9.62 Å². The third-order valence-electron chi connectivity index (χ3n) is 5.16. The Bertz CT molecular complexity index is 739. The standard InChI is InChI=1S/C18H27N3O3S.ClH/c19-9-10-20-18(22)16-6-3-11-21(13-16)25(23,24)17-8-7-14-4-1-2-5-15(14)12-17;/h7-8,12,16H,1-6,9-11,13,19H2,(H,20,22);1H. The van der Waals surface area contributed by atoms with Crippen LogP contribution in [0.1, 0.15) is 36.8 Å². The number of hydrogen-bond acceptors (Lipinski definition) is 4. The van der Waals surface area contributed by atoms with Crippen LogP contribution in [0.5, 0.6) is 0 Å². The maximum atomic E-state index is 13.0. The molecule has 1 aromatic rings. The molecule has 26 heavy (non-hydrogen) atoms. The van der Waals surface area contributed by atoms with Gasteiger partial charge in [-0.2, -0.15) is 4.31 Å². The second kappa shape index (κ2) is 9.17. The number of fused-ring (bicyclic) bond motifs is 1. The fourth-order valence-electron chi connectivity index (χ4n) is 3.73. The molecule has 8 heteroatoms. The minimum atomic E-state index is -3.55. The molecule has 6 nitrogen and oxygen atoms in total. The summed E-state index contributed by atoms with van der Waals surface area (Å²) in [4.78, 5) is 12.5. The lowest BCUT2D eigenvalue weighted by Crippen LogP contribution is -2.46. The van der Waals surface area contributed by atoms with Crippen LogP contribution in [-0.2, 0) is 27.7 Å². The maximum absolute atomic E-state index is 13.0. The van der Waals surface area contributed by atoms with Gasteiger partial charge in [-0.25, -0.2) is 8.42 Å². The normalized spacial score (nSPS) is 20.7. The lowest BCUT2D eigenvalue weighted by Gasteiger charge is -2.31. The van der Waals surface area contributed by atoms with Gasteiger partial charge in [0.1, 0.15) is 0 Å². The van der Waals surface area contributed by atoms with Crippen molar-refractivity contribution in [3.63, 3.8) is 0 Å². The van der Waals surface area contributed by atoms with Gasteiger partial charge in [0.05, 0.1) is 10.8 Å². The summed E-state index contributed by atoms with van der Waals surface area (Å²) < 4.78 is 27.5. The number of sulfonamides is 1. The minimum Gasteiger partial charge on any atom is -0.355 e. The summed E-state index contributed by atoms with van der Waals surface area (Å²) in [6, 6.07) is 5.51. The lowest BCUT2D eigenvalue weighted by atomic mass is 9.92. The molecule has 0 aromatic heterocycles. The summed E-state index contributed by atoms with van der Waals surface area (Å²) in [5.41, 5.74) is 7.83. The van der Waals surface area contributed by atoms with Gasteiger partial charge in [0.25, 0.3) is 0 Å². The van der Waals surface area contributed by atoms with Gasteiger partial charge < -0.3 is 11.1 Å². The van der Waals surface area contributed by atoms with Crippen LogP contribution < -0.4 is 11.1 Å². The molecular formula is C18H28ClN3O3S. The van der Waals surface area contributed by atoms with E-state index in [2.05, 4.69) is 5.32 Å². The average Bonchev–Trinajstić information content (AvgIpc) is 2.65. The quantitative estimate of drug-likeness (QED) is 0.781. The highest BCUT2D eigenvalue weighted by Gasteiger charge is 2.33. The fourth-order valence-corrected chi connectivity index (χ4v) is 5.31. The van der Waals surface area contributed by atoms with Crippen LogP contribution in [0, 0.1) is 5.92 Å². The zero-order chi connectivity index (χ0) is 17.9. The molecule has 1 aliphatic heterocycles. The number of carbonyl (C=O) groups excluding carboxylic acids is 1. The number of carbonyl (C=O) groups is 1. The molecule has 2 aliphatic rings. The molecule has 3 N–H and O–H groups in total. The summed E-state index contributed by atoms with van der Waals surface area (Å²) in [5, 5.41) is 2.77. The SMILES string of the molecule is Cl.NCCNC(=O)C1CCCN(S(=O)(=O)c2ccc3c(c2)CCCC3)C1. The smallest absolute Gasteiger partial charge is 0.243 e. The predicted molar refractivity (Wildman–Crippen MR) is 104 cm³/mol.